The number of hydrogen-bond donors (Lipinski definition) is 2. The third kappa shape index (κ3) is 5.87. The van der Waals surface area contributed by atoms with Crippen LogP contribution in [0.1, 0.15) is 21.2 Å². The molecule has 2 N–H and O–H groups in total. The van der Waals surface area contributed by atoms with Crippen molar-refractivity contribution in [3.8, 4) is 0 Å². The van der Waals surface area contributed by atoms with E-state index in [0.29, 0.717) is 5.69 Å². The van der Waals surface area contributed by atoms with E-state index in [1.165, 1.54) is 30.0 Å². The van der Waals surface area contributed by atoms with Crippen molar-refractivity contribution < 1.29 is 14.0 Å². The fraction of sp³-hybridized carbons (Fsp3) is 0.0370. The average molecular weight is 457 g/mol. The average Bonchev–Trinajstić information content (AvgIpc) is 2.84. The molecule has 1 unspecified atom stereocenters. The Morgan fingerprint density at radius 1 is 0.697 bits per heavy atom. The molecule has 0 radical (unpaired) electrons. The Labute approximate surface area is 195 Å². The second-order valence-corrected chi connectivity index (χ2v) is 8.40. The molecule has 0 aliphatic heterocycles. The highest BCUT2D eigenvalue weighted by Crippen LogP contribution is 2.37. The maximum atomic E-state index is 13.9. The Kier molecular flexibility index (Phi) is 7.17. The summed E-state index contributed by atoms with van der Waals surface area (Å²) in [5, 5.41) is 5.18. The minimum absolute atomic E-state index is 0.0278. The van der Waals surface area contributed by atoms with E-state index in [2.05, 4.69) is 10.6 Å². The number of rotatable bonds is 7. The first kappa shape index (κ1) is 22.3. The standard InChI is InChI=1S/C27H21FN2O2S/c28-24-17-8-7-16-23(24)26(31)30-21-14-9-15-22(18-21)33-25(19-10-3-1-4-11-19)27(32)29-20-12-5-2-6-13-20/h1-18,25H,(H,29,32)(H,30,31). The molecular weight excluding hydrogens is 435 g/mol. The Bertz CT molecular complexity index is 1250. The molecule has 4 nitrogen and oxygen atoms in total. The summed E-state index contributed by atoms with van der Waals surface area (Å²) in [5.41, 5.74) is 2.06. The molecule has 4 aromatic carbocycles. The van der Waals surface area contributed by atoms with Crippen molar-refractivity contribution in [3.63, 3.8) is 0 Å². The molecule has 0 aromatic heterocycles. The van der Waals surface area contributed by atoms with E-state index in [4.69, 9.17) is 0 Å². The third-order valence-electron chi connectivity index (χ3n) is 4.85. The zero-order valence-electron chi connectivity index (χ0n) is 17.6. The summed E-state index contributed by atoms with van der Waals surface area (Å²) in [6.07, 6.45) is 0. The molecule has 164 valence electrons. The van der Waals surface area contributed by atoms with E-state index in [-0.39, 0.29) is 11.5 Å². The van der Waals surface area contributed by atoms with Gasteiger partial charge in [0, 0.05) is 16.3 Å². The monoisotopic (exact) mass is 456 g/mol. The highest BCUT2D eigenvalue weighted by Gasteiger charge is 2.22. The first-order chi connectivity index (χ1) is 16.1. The lowest BCUT2D eigenvalue weighted by molar-refractivity contribution is -0.115. The smallest absolute Gasteiger partial charge is 0.258 e. The van der Waals surface area contributed by atoms with Crippen LogP contribution in [0.5, 0.6) is 0 Å². The van der Waals surface area contributed by atoms with Gasteiger partial charge in [-0.1, -0.05) is 66.7 Å². The third-order valence-corrected chi connectivity index (χ3v) is 6.09. The summed E-state index contributed by atoms with van der Waals surface area (Å²) < 4.78 is 13.9. The van der Waals surface area contributed by atoms with Gasteiger partial charge in [-0.2, -0.15) is 0 Å². The molecule has 6 heteroatoms. The second kappa shape index (κ2) is 10.6. The summed E-state index contributed by atoms with van der Waals surface area (Å²) in [4.78, 5) is 26.4. The lowest BCUT2D eigenvalue weighted by atomic mass is 10.1. The van der Waals surface area contributed by atoms with Crippen LogP contribution >= 0.6 is 11.8 Å². The Balaban J connectivity index is 1.54. The first-order valence-electron chi connectivity index (χ1n) is 10.3. The maximum absolute atomic E-state index is 13.9. The summed E-state index contributed by atoms with van der Waals surface area (Å²) >= 11 is 1.37. The number of nitrogens with one attached hydrogen (secondary N) is 2. The van der Waals surface area contributed by atoms with E-state index < -0.39 is 17.0 Å². The van der Waals surface area contributed by atoms with Crippen LogP contribution in [0.15, 0.2) is 114 Å². The summed E-state index contributed by atoms with van der Waals surface area (Å²) in [7, 11) is 0. The minimum atomic E-state index is -0.581. The molecule has 0 saturated heterocycles. The van der Waals surface area contributed by atoms with Crippen LogP contribution in [0.25, 0.3) is 0 Å². The molecule has 33 heavy (non-hydrogen) atoms. The Hall–Kier alpha value is -3.90. The van der Waals surface area contributed by atoms with Crippen molar-refractivity contribution in [1.29, 1.82) is 0 Å². The van der Waals surface area contributed by atoms with Crippen molar-refractivity contribution in [2.45, 2.75) is 10.1 Å². The van der Waals surface area contributed by atoms with Gasteiger partial charge in [0.2, 0.25) is 5.91 Å². The topological polar surface area (TPSA) is 58.2 Å². The number of anilines is 2. The van der Waals surface area contributed by atoms with Gasteiger partial charge in [-0.15, -0.1) is 11.8 Å². The van der Waals surface area contributed by atoms with Crippen molar-refractivity contribution >= 4 is 35.0 Å². The van der Waals surface area contributed by atoms with Gasteiger partial charge in [0.25, 0.3) is 5.91 Å². The van der Waals surface area contributed by atoms with Crippen LogP contribution < -0.4 is 10.6 Å². The normalized spacial score (nSPS) is 11.4. The molecular formula is C27H21FN2O2S. The molecule has 0 bridgehead atoms. The van der Waals surface area contributed by atoms with Gasteiger partial charge in [0.05, 0.1) is 5.56 Å². The number of amides is 2. The highest BCUT2D eigenvalue weighted by molar-refractivity contribution is 8.00. The van der Waals surface area contributed by atoms with Gasteiger partial charge < -0.3 is 10.6 Å². The van der Waals surface area contributed by atoms with Gasteiger partial charge in [0.15, 0.2) is 0 Å². The number of hydrogen-bond acceptors (Lipinski definition) is 3. The largest absolute Gasteiger partial charge is 0.325 e. The summed E-state index contributed by atoms with van der Waals surface area (Å²) in [5.74, 6) is -1.27. The summed E-state index contributed by atoms with van der Waals surface area (Å²) in [6, 6.07) is 31.8. The van der Waals surface area contributed by atoms with E-state index in [0.717, 1.165) is 16.1 Å². The lowest BCUT2D eigenvalue weighted by Crippen LogP contribution is -2.19. The van der Waals surface area contributed by atoms with Gasteiger partial charge in [0.1, 0.15) is 11.1 Å². The SMILES string of the molecule is O=C(Nc1cccc(SC(C(=O)Nc2ccccc2)c2ccccc2)c1)c1ccccc1F. The lowest BCUT2D eigenvalue weighted by Gasteiger charge is -2.18. The van der Waals surface area contributed by atoms with Crippen molar-refractivity contribution in [2.24, 2.45) is 0 Å². The van der Waals surface area contributed by atoms with Crippen LogP contribution in [0.3, 0.4) is 0 Å². The predicted molar refractivity (Wildman–Crippen MR) is 131 cm³/mol. The molecule has 0 spiro atoms. The van der Waals surface area contributed by atoms with E-state index in [1.807, 2.05) is 66.7 Å². The number of benzene rings is 4. The fourth-order valence-electron chi connectivity index (χ4n) is 3.26. The number of carbonyl (C=O) groups excluding carboxylic acids is 2. The van der Waals surface area contributed by atoms with Gasteiger partial charge in [-0.25, -0.2) is 4.39 Å². The minimum Gasteiger partial charge on any atom is -0.325 e. The molecule has 0 saturated carbocycles. The Morgan fingerprint density at radius 3 is 2.06 bits per heavy atom. The Morgan fingerprint density at radius 2 is 1.33 bits per heavy atom. The van der Waals surface area contributed by atoms with Gasteiger partial charge >= 0.3 is 0 Å². The number of para-hydroxylation sites is 1. The van der Waals surface area contributed by atoms with Crippen LogP contribution in [-0.4, -0.2) is 11.8 Å². The van der Waals surface area contributed by atoms with Gasteiger partial charge in [-0.05, 0) is 48.0 Å². The quantitative estimate of drug-likeness (QED) is 0.310. The predicted octanol–water partition coefficient (Wildman–Crippen LogP) is 6.55. The van der Waals surface area contributed by atoms with Crippen molar-refractivity contribution in [1.82, 2.24) is 0 Å². The second-order valence-electron chi connectivity index (χ2n) is 7.23. The van der Waals surface area contributed by atoms with E-state index in [1.54, 1.807) is 24.3 Å². The van der Waals surface area contributed by atoms with Crippen LogP contribution in [0, 0.1) is 5.82 Å². The number of thioether (sulfide) groups is 1. The zero-order chi connectivity index (χ0) is 23.0. The van der Waals surface area contributed by atoms with Crippen molar-refractivity contribution in [3.05, 3.63) is 126 Å². The summed E-state index contributed by atoms with van der Waals surface area (Å²) in [6.45, 7) is 0. The first-order valence-corrected chi connectivity index (χ1v) is 11.2. The van der Waals surface area contributed by atoms with Crippen LogP contribution in [0.4, 0.5) is 15.8 Å². The van der Waals surface area contributed by atoms with E-state index >= 15 is 0 Å². The molecule has 2 amide bonds. The molecule has 4 aromatic rings. The number of halogens is 1. The highest BCUT2D eigenvalue weighted by atomic mass is 32.2. The molecule has 1 atom stereocenters. The molecule has 0 fully saturated rings. The molecule has 0 aliphatic carbocycles. The van der Waals surface area contributed by atoms with Gasteiger partial charge in [-0.3, -0.25) is 9.59 Å². The molecule has 4 rings (SSSR count). The van der Waals surface area contributed by atoms with E-state index in [9.17, 15) is 14.0 Å². The molecule has 0 heterocycles. The molecule has 0 aliphatic rings. The van der Waals surface area contributed by atoms with Crippen LogP contribution in [-0.2, 0) is 4.79 Å². The maximum Gasteiger partial charge on any atom is 0.258 e. The fourth-order valence-corrected chi connectivity index (χ4v) is 4.34. The van der Waals surface area contributed by atoms with Crippen molar-refractivity contribution in [2.75, 3.05) is 10.6 Å². The number of carbonyl (C=O) groups is 2. The van der Waals surface area contributed by atoms with Crippen LogP contribution in [0.2, 0.25) is 0 Å². The zero-order valence-corrected chi connectivity index (χ0v) is 18.4.